The molecule has 4 saturated carbocycles. The van der Waals surface area contributed by atoms with E-state index in [0.29, 0.717) is 35.2 Å². The van der Waals surface area contributed by atoms with Gasteiger partial charge in [0.15, 0.2) is 0 Å². The Morgan fingerprint density at radius 3 is 2.43 bits per heavy atom. The Labute approximate surface area is 225 Å². The minimum atomic E-state index is -0.166. The van der Waals surface area contributed by atoms with Crippen LogP contribution >= 0.6 is 0 Å². The molecule has 2 unspecified atom stereocenters. The summed E-state index contributed by atoms with van der Waals surface area (Å²) in [7, 11) is 0. The predicted molar refractivity (Wildman–Crippen MR) is 148 cm³/mol. The van der Waals surface area contributed by atoms with Crippen LogP contribution in [0.1, 0.15) is 112 Å². The van der Waals surface area contributed by atoms with Crippen molar-refractivity contribution in [2.45, 2.75) is 124 Å². The number of aliphatic hydroxyl groups is 1. The molecule has 0 radical (unpaired) electrons. The lowest BCUT2D eigenvalue weighted by Gasteiger charge is -2.67. The third-order valence-electron chi connectivity index (χ3n) is 13.5. The summed E-state index contributed by atoms with van der Waals surface area (Å²) in [4.78, 5) is 13.4. The summed E-state index contributed by atoms with van der Waals surface area (Å²) >= 11 is 0. The maximum absolute atomic E-state index is 13.4. The molecule has 0 spiro atoms. The van der Waals surface area contributed by atoms with Gasteiger partial charge in [-0.1, -0.05) is 53.2 Å². The molecule has 1 saturated heterocycles. The SMILES string of the molecule is CC1(C)CC[C@]2(NC(=O)C3CCOC3)CC[C@]3(C)C(=CC[C@H]4C3CC[C@H]3C(C)(C)[C@@H](O)CC[C@]43C)[C@@H]2C1. The highest BCUT2D eigenvalue weighted by Crippen LogP contribution is 2.70. The third-order valence-corrected chi connectivity index (χ3v) is 13.5. The Balaban J connectivity index is 1.34. The van der Waals surface area contributed by atoms with Crippen LogP contribution in [0.25, 0.3) is 0 Å². The lowest BCUT2D eigenvalue weighted by atomic mass is 9.38. The molecule has 0 aromatic rings. The average Bonchev–Trinajstić information content (AvgIpc) is 3.38. The summed E-state index contributed by atoms with van der Waals surface area (Å²) in [5, 5.41) is 14.6. The smallest absolute Gasteiger partial charge is 0.225 e. The first kappa shape index (κ1) is 26.4. The molecule has 2 N–H and O–H groups in total. The van der Waals surface area contributed by atoms with E-state index in [1.807, 2.05) is 0 Å². The Hall–Kier alpha value is -0.870. The predicted octanol–water partition coefficient (Wildman–Crippen LogP) is 6.66. The fourth-order valence-corrected chi connectivity index (χ4v) is 11.1. The van der Waals surface area contributed by atoms with Gasteiger partial charge in [-0.2, -0.15) is 0 Å². The Bertz CT molecular complexity index is 963. The second-order valence-electron chi connectivity index (χ2n) is 16.2. The monoisotopic (exact) mass is 511 g/mol. The maximum Gasteiger partial charge on any atom is 0.225 e. The van der Waals surface area contributed by atoms with E-state index in [1.54, 1.807) is 5.57 Å². The Kier molecular flexibility index (Phi) is 6.10. The summed E-state index contributed by atoms with van der Waals surface area (Å²) in [6.07, 6.45) is 15.1. The van der Waals surface area contributed by atoms with Gasteiger partial charge in [-0.25, -0.2) is 0 Å². The standard InChI is InChI=1S/C33H53NO3/c1-29(2)14-16-33(34-28(36)21-12-18-37-20-21)17-15-31(5)22-9-10-26-30(3,4)27(35)11-13-32(26,6)23(22)7-8-24(31)25(33)19-29/h8,21-23,25-27,35H,7,9-20H2,1-6H3,(H,34,36)/t21?,22?,23-,25-,26-,27-,31-,32+,33-/m0/s1. The van der Waals surface area contributed by atoms with E-state index in [2.05, 4.69) is 52.9 Å². The molecular formula is C33H53NO3. The van der Waals surface area contributed by atoms with Crippen molar-refractivity contribution in [3.05, 3.63) is 11.6 Å². The molecule has 6 rings (SSSR count). The van der Waals surface area contributed by atoms with Gasteiger partial charge in [0.1, 0.15) is 0 Å². The van der Waals surface area contributed by atoms with E-state index in [1.165, 1.54) is 44.9 Å². The maximum atomic E-state index is 13.4. The quantitative estimate of drug-likeness (QED) is 0.407. The van der Waals surface area contributed by atoms with Crippen LogP contribution in [0, 0.1) is 51.2 Å². The molecular weight excluding hydrogens is 458 g/mol. The van der Waals surface area contributed by atoms with Crippen molar-refractivity contribution in [3.63, 3.8) is 0 Å². The lowest BCUT2D eigenvalue weighted by Crippen LogP contribution is -2.65. The summed E-state index contributed by atoms with van der Waals surface area (Å²) < 4.78 is 5.58. The zero-order valence-electron chi connectivity index (χ0n) is 24.5. The molecule has 208 valence electrons. The molecule has 1 aliphatic heterocycles. The molecule has 4 heteroatoms. The van der Waals surface area contributed by atoms with Crippen molar-refractivity contribution in [1.82, 2.24) is 5.32 Å². The van der Waals surface area contributed by atoms with Gasteiger partial charge in [0.05, 0.1) is 18.6 Å². The molecule has 0 aromatic heterocycles. The van der Waals surface area contributed by atoms with Gasteiger partial charge in [-0.15, -0.1) is 0 Å². The van der Waals surface area contributed by atoms with E-state index in [4.69, 9.17) is 4.74 Å². The number of carbonyl (C=O) groups excluding carboxylic acids is 1. The molecule has 1 heterocycles. The van der Waals surface area contributed by atoms with Crippen LogP contribution in [-0.4, -0.2) is 35.9 Å². The van der Waals surface area contributed by atoms with Gasteiger partial charge in [-0.05, 0) is 110 Å². The van der Waals surface area contributed by atoms with Gasteiger partial charge in [0.2, 0.25) is 5.91 Å². The highest BCUT2D eigenvalue weighted by atomic mass is 16.5. The van der Waals surface area contributed by atoms with E-state index in [0.717, 1.165) is 38.2 Å². The van der Waals surface area contributed by atoms with Crippen LogP contribution in [0.2, 0.25) is 0 Å². The first-order valence-electron chi connectivity index (χ1n) is 15.6. The molecule has 4 nitrogen and oxygen atoms in total. The first-order chi connectivity index (χ1) is 17.3. The molecule has 5 aliphatic carbocycles. The number of allylic oxidation sites excluding steroid dienone is 1. The van der Waals surface area contributed by atoms with Gasteiger partial charge in [0, 0.05) is 18.1 Å². The number of hydrogen-bond acceptors (Lipinski definition) is 3. The zero-order valence-corrected chi connectivity index (χ0v) is 24.5. The number of nitrogens with one attached hydrogen (secondary N) is 1. The number of fused-ring (bicyclic) bond motifs is 7. The topological polar surface area (TPSA) is 58.6 Å². The highest BCUT2D eigenvalue weighted by Gasteiger charge is 2.64. The molecule has 1 amide bonds. The number of ether oxygens (including phenoxy) is 1. The van der Waals surface area contributed by atoms with Crippen LogP contribution in [-0.2, 0) is 9.53 Å². The number of rotatable bonds is 2. The summed E-state index contributed by atoms with van der Waals surface area (Å²) in [5.41, 5.74) is 2.50. The van der Waals surface area contributed by atoms with E-state index in [-0.39, 0.29) is 34.3 Å². The molecule has 9 atom stereocenters. The summed E-state index contributed by atoms with van der Waals surface area (Å²) in [6, 6.07) is 0. The van der Waals surface area contributed by atoms with E-state index in [9.17, 15) is 9.90 Å². The fourth-order valence-electron chi connectivity index (χ4n) is 11.1. The van der Waals surface area contributed by atoms with Crippen molar-refractivity contribution < 1.29 is 14.6 Å². The van der Waals surface area contributed by atoms with Gasteiger partial charge >= 0.3 is 0 Å². The van der Waals surface area contributed by atoms with Crippen molar-refractivity contribution in [2.75, 3.05) is 13.2 Å². The Morgan fingerprint density at radius 2 is 1.70 bits per heavy atom. The van der Waals surface area contributed by atoms with E-state index >= 15 is 0 Å². The number of carbonyl (C=O) groups is 1. The molecule has 0 bridgehead atoms. The third kappa shape index (κ3) is 3.85. The summed E-state index contributed by atoms with van der Waals surface area (Å²) in [6.45, 7) is 16.1. The van der Waals surface area contributed by atoms with E-state index < -0.39 is 0 Å². The highest BCUT2D eigenvalue weighted by molar-refractivity contribution is 5.80. The van der Waals surface area contributed by atoms with Crippen molar-refractivity contribution in [3.8, 4) is 0 Å². The van der Waals surface area contributed by atoms with Crippen LogP contribution < -0.4 is 5.32 Å². The Morgan fingerprint density at radius 1 is 0.946 bits per heavy atom. The van der Waals surface area contributed by atoms with Crippen molar-refractivity contribution in [1.29, 1.82) is 0 Å². The zero-order chi connectivity index (χ0) is 26.4. The fraction of sp³-hybridized carbons (Fsp3) is 0.909. The second kappa shape index (κ2) is 8.56. The second-order valence-corrected chi connectivity index (χ2v) is 16.2. The van der Waals surface area contributed by atoms with Crippen LogP contribution in [0.4, 0.5) is 0 Å². The molecule has 5 fully saturated rings. The summed E-state index contributed by atoms with van der Waals surface area (Å²) in [5.74, 6) is 2.77. The molecule has 0 aromatic carbocycles. The molecule has 6 aliphatic rings. The lowest BCUT2D eigenvalue weighted by molar-refractivity contribution is -0.169. The average molecular weight is 512 g/mol. The van der Waals surface area contributed by atoms with Crippen LogP contribution in [0.15, 0.2) is 11.6 Å². The normalized spacial score (nSPS) is 50.1. The van der Waals surface area contributed by atoms with Gasteiger partial charge in [0.25, 0.3) is 0 Å². The van der Waals surface area contributed by atoms with Crippen LogP contribution in [0.5, 0.6) is 0 Å². The number of hydrogen-bond donors (Lipinski definition) is 2. The minimum Gasteiger partial charge on any atom is -0.393 e. The number of aliphatic hydroxyl groups excluding tert-OH is 1. The van der Waals surface area contributed by atoms with Crippen molar-refractivity contribution >= 4 is 5.91 Å². The minimum absolute atomic E-state index is 0.00616. The molecule has 37 heavy (non-hydrogen) atoms. The first-order valence-corrected chi connectivity index (χ1v) is 15.6. The van der Waals surface area contributed by atoms with Gasteiger partial charge < -0.3 is 15.2 Å². The largest absolute Gasteiger partial charge is 0.393 e. The number of amides is 1. The van der Waals surface area contributed by atoms with Crippen molar-refractivity contribution in [2.24, 2.45) is 51.2 Å². The van der Waals surface area contributed by atoms with Gasteiger partial charge in [-0.3, -0.25) is 4.79 Å². The van der Waals surface area contributed by atoms with Crippen LogP contribution in [0.3, 0.4) is 0 Å².